The molecule has 0 saturated carbocycles. The van der Waals surface area contributed by atoms with Gasteiger partial charge in [-0.3, -0.25) is 0 Å². The van der Waals surface area contributed by atoms with Crippen LogP contribution in [0.2, 0.25) is 5.02 Å². The van der Waals surface area contributed by atoms with E-state index in [9.17, 15) is 0 Å². The molecule has 2 saturated heterocycles. The summed E-state index contributed by atoms with van der Waals surface area (Å²) in [5.41, 5.74) is 2.60. The second-order valence-electron chi connectivity index (χ2n) is 8.46. The molecule has 0 aliphatic carbocycles. The summed E-state index contributed by atoms with van der Waals surface area (Å²) in [5, 5.41) is 6.36. The zero-order chi connectivity index (χ0) is 20.0. The van der Waals surface area contributed by atoms with Gasteiger partial charge in [-0.15, -0.1) is 0 Å². The second kappa shape index (κ2) is 7.74. The standard InChI is InChI=1S/C22H28ClN5O/c1-15-20(23)22-24-21(18-5-3-4-6-19(18)28(22)25-15)26(2)17-7-10-27(11-8-17)13-16-9-12-29-14-16/h3-6,16-17H,7-14H2,1-2H3. The van der Waals surface area contributed by atoms with E-state index in [4.69, 9.17) is 21.3 Å². The summed E-state index contributed by atoms with van der Waals surface area (Å²) in [6.45, 7) is 7.24. The van der Waals surface area contributed by atoms with Crippen molar-refractivity contribution in [1.82, 2.24) is 19.5 Å². The van der Waals surface area contributed by atoms with Crippen molar-refractivity contribution in [3.8, 4) is 0 Å². The quantitative estimate of drug-likeness (QED) is 0.651. The highest BCUT2D eigenvalue weighted by molar-refractivity contribution is 6.34. The lowest BCUT2D eigenvalue weighted by Gasteiger charge is -2.38. The van der Waals surface area contributed by atoms with Crippen LogP contribution in [0.4, 0.5) is 5.82 Å². The van der Waals surface area contributed by atoms with Crippen LogP contribution in [0, 0.1) is 12.8 Å². The average molecular weight is 414 g/mol. The molecule has 2 aliphatic heterocycles. The van der Waals surface area contributed by atoms with E-state index >= 15 is 0 Å². The highest BCUT2D eigenvalue weighted by Gasteiger charge is 2.27. The van der Waals surface area contributed by atoms with Crippen molar-refractivity contribution in [3.63, 3.8) is 0 Å². The van der Waals surface area contributed by atoms with Crippen molar-refractivity contribution in [2.45, 2.75) is 32.2 Å². The molecule has 5 rings (SSSR count). The number of piperidine rings is 1. The number of hydrogen-bond acceptors (Lipinski definition) is 5. The Morgan fingerprint density at radius 2 is 2.00 bits per heavy atom. The van der Waals surface area contributed by atoms with E-state index in [2.05, 4.69) is 40.1 Å². The van der Waals surface area contributed by atoms with Crippen LogP contribution in [0.1, 0.15) is 25.0 Å². The topological polar surface area (TPSA) is 45.9 Å². The number of benzene rings is 1. The van der Waals surface area contributed by atoms with Gasteiger partial charge in [0.25, 0.3) is 0 Å². The molecule has 7 heteroatoms. The first kappa shape index (κ1) is 19.1. The Balaban J connectivity index is 1.40. The number of halogens is 1. The summed E-state index contributed by atoms with van der Waals surface area (Å²) in [6, 6.07) is 8.82. The molecule has 2 fully saturated rings. The van der Waals surface area contributed by atoms with Gasteiger partial charge >= 0.3 is 0 Å². The number of rotatable bonds is 4. The predicted octanol–water partition coefficient (Wildman–Crippen LogP) is 3.78. The summed E-state index contributed by atoms with van der Waals surface area (Å²) < 4.78 is 7.41. The molecule has 0 N–H and O–H groups in total. The van der Waals surface area contributed by atoms with Crippen molar-refractivity contribution in [1.29, 1.82) is 0 Å². The Hall–Kier alpha value is -1.89. The van der Waals surface area contributed by atoms with Crippen LogP contribution in [-0.2, 0) is 4.74 Å². The maximum absolute atomic E-state index is 6.52. The summed E-state index contributed by atoms with van der Waals surface area (Å²) in [7, 11) is 2.17. The third-order valence-corrected chi connectivity index (χ3v) is 6.97. The number of anilines is 1. The number of para-hydroxylation sites is 1. The highest BCUT2D eigenvalue weighted by atomic mass is 35.5. The van der Waals surface area contributed by atoms with Crippen molar-refractivity contribution in [2.75, 3.05) is 44.8 Å². The van der Waals surface area contributed by atoms with E-state index in [1.807, 2.05) is 17.5 Å². The Labute approximate surface area is 176 Å². The van der Waals surface area contributed by atoms with E-state index < -0.39 is 0 Å². The van der Waals surface area contributed by atoms with E-state index in [1.54, 1.807) is 0 Å². The number of likely N-dealkylation sites (tertiary alicyclic amines) is 1. The zero-order valence-corrected chi connectivity index (χ0v) is 17.9. The molecule has 6 nitrogen and oxygen atoms in total. The van der Waals surface area contributed by atoms with Gasteiger partial charge in [0.05, 0.1) is 17.8 Å². The first-order valence-electron chi connectivity index (χ1n) is 10.6. The number of hydrogen-bond donors (Lipinski definition) is 0. The van der Waals surface area contributed by atoms with Crippen LogP contribution in [0.3, 0.4) is 0 Å². The summed E-state index contributed by atoms with van der Waals surface area (Å²) >= 11 is 6.52. The van der Waals surface area contributed by atoms with Crippen LogP contribution in [0.5, 0.6) is 0 Å². The van der Waals surface area contributed by atoms with Crippen LogP contribution in [-0.4, -0.2) is 65.4 Å². The maximum Gasteiger partial charge on any atom is 0.176 e. The average Bonchev–Trinajstić information content (AvgIpc) is 3.36. The zero-order valence-electron chi connectivity index (χ0n) is 17.1. The van der Waals surface area contributed by atoms with E-state index in [-0.39, 0.29) is 0 Å². The summed E-state index contributed by atoms with van der Waals surface area (Å²) in [4.78, 5) is 9.93. The molecule has 1 aromatic carbocycles. The number of aryl methyl sites for hydroxylation is 1. The van der Waals surface area contributed by atoms with Gasteiger partial charge in [-0.2, -0.15) is 5.10 Å². The van der Waals surface area contributed by atoms with Gasteiger partial charge in [0.2, 0.25) is 0 Å². The van der Waals surface area contributed by atoms with Crippen molar-refractivity contribution in [3.05, 3.63) is 35.0 Å². The van der Waals surface area contributed by atoms with Gasteiger partial charge in [0, 0.05) is 44.7 Å². The lowest BCUT2D eigenvalue weighted by molar-refractivity contribution is 0.152. The number of fused-ring (bicyclic) bond motifs is 3. The molecule has 1 atom stereocenters. The molecule has 0 radical (unpaired) electrons. The molecule has 1 unspecified atom stereocenters. The fourth-order valence-corrected chi connectivity index (χ4v) is 4.95. The second-order valence-corrected chi connectivity index (χ2v) is 8.84. The Bertz CT molecular complexity index is 1020. The lowest BCUT2D eigenvalue weighted by atomic mass is 10.0. The fraction of sp³-hybridized carbons (Fsp3) is 0.545. The third-order valence-electron chi connectivity index (χ3n) is 6.53. The highest BCUT2D eigenvalue weighted by Crippen LogP contribution is 2.32. The van der Waals surface area contributed by atoms with Gasteiger partial charge in [-0.1, -0.05) is 23.7 Å². The lowest BCUT2D eigenvalue weighted by Crippen LogP contribution is -2.45. The molecule has 3 aromatic rings. The van der Waals surface area contributed by atoms with E-state index in [1.165, 1.54) is 13.0 Å². The normalized spacial score (nSPS) is 21.4. The van der Waals surface area contributed by atoms with Crippen molar-refractivity contribution < 1.29 is 4.74 Å². The Morgan fingerprint density at radius 1 is 1.21 bits per heavy atom. The van der Waals surface area contributed by atoms with Crippen molar-refractivity contribution >= 4 is 34.0 Å². The largest absolute Gasteiger partial charge is 0.381 e. The van der Waals surface area contributed by atoms with Crippen LogP contribution < -0.4 is 4.90 Å². The van der Waals surface area contributed by atoms with Gasteiger partial charge in [0.15, 0.2) is 5.65 Å². The number of aromatic nitrogens is 3. The monoisotopic (exact) mass is 413 g/mol. The molecule has 2 aromatic heterocycles. The molecular weight excluding hydrogens is 386 g/mol. The SMILES string of the molecule is Cc1nn2c(nc(N(C)C3CCN(CC4CCOC4)CC3)c3ccccc32)c1Cl. The first-order chi connectivity index (χ1) is 14.1. The fourth-order valence-electron chi connectivity index (χ4n) is 4.79. The van der Waals surface area contributed by atoms with Crippen molar-refractivity contribution in [2.24, 2.45) is 5.92 Å². The van der Waals surface area contributed by atoms with Crippen LogP contribution in [0.15, 0.2) is 24.3 Å². The first-order valence-corrected chi connectivity index (χ1v) is 11.0. The third kappa shape index (κ3) is 3.47. The molecule has 29 heavy (non-hydrogen) atoms. The summed E-state index contributed by atoms with van der Waals surface area (Å²) in [5.74, 6) is 1.71. The number of nitrogens with zero attached hydrogens (tertiary/aromatic N) is 5. The molecule has 0 bridgehead atoms. The van der Waals surface area contributed by atoms with E-state index in [0.29, 0.717) is 17.0 Å². The minimum absolute atomic E-state index is 0.479. The molecule has 2 aliphatic rings. The maximum atomic E-state index is 6.52. The van der Waals surface area contributed by atoms with Crippen LogP contribution in [0.25, 0.3) is 16.6 Å². The Morgan fingerprint density at radius 3 is 2.76 bits per heavy atom. The summed E-state index contributed by atoms with van der Waals surface area (Å²) in [6.07, 6.45) is 3.51. The van der Waals surface area contributed by atoms with E-state index in [0.717, 1.165) is 67.2 Å². The molecule has 4 heterocycles. The predicted molar refractivity (Wildman–Crippen MR) is 117 cm³/mol. The van der Waals surface area contributed by atoms with Crippen LogP contribution >= 0.6 is 11.6 Å². The molecule has 154 valence electrons. The van der Waals surface area contributed by atoms with Gasteiger partial charge in [-0.05, 0) is 44.2 Å². The molecule has 0 amide bonds. The van der Waals surface area contributed by atoms with Gasteiger partial charge in [0.1, 0.15) is 10.8 Å². The molecule has 0 spiro atoms. The number of ether oxygens (including phenoxy) is 1. The molecular formula is C22H28ClN5O. The smallest absolute Gasteiger partial charge is 0.176 e. The Kier molecular flexibility index (Phi) is 5.10. The minimum Gasteiger partial charge on any atom is -0.381 e. The van der Waals surface area contributed by atoms with Gasteiger partial charge in [-0.25, -0.2) is 9.50 Å². The van der Waals surface area contributed by atoms with Gasteiger partial charge < -0.3 is 14.5 Å². The minimum atomic E-state index is 0.479.